The van der Waals surface area contributed by atoms with Gasteiger partial charge in [-0.1, -0.05) is 25.6 Å². The zero-order chi connectivity index (χ0) is 23.8. The van der Waals surface area contributed by atoms with E-state index in [1.54, 1.807) is 24.3 Å². The summed E-state index contributed by atoms with van der Waals surface area (Å²) >= 11 is 1.32. The number of rotatable bonds is 11. The number of ether oxygens (including phenoxy) is 2. The molecule has 0 fully saturated rings. The largest absolute Gasteiger partial charge is 0.494 e. The van der Waals surface area contributed by atoms with E-state index in [2.05, 4.69) is 29.4 Å². The summed E-state index contributed by atoms with van der Waals surface area (Å²) in [6, 6.07) is 13.1. The van der Waals surface area contributed by atoms with E-state index in [1.807, 2.05) is 30.5 Å². The Bertz CT molecular complexity index is 1040. The minimum atomic E-state index is -0.395. The Morgan fingerprint density at radius 3 is 2.36 bits per heavy atom. The fourth-order valence-corrected chi connectivity index (χ4v) is 3.90. The lowest BCUT2D eigenvalue weighted by atomic mass is 10.2. The summed E-state index contributed by atoms with van der Waals surface area (Å²) in [7, 11) is 0. The van der Waals surface area contributed by atoms with Crippen LogP contribution >= 0.6 is 11.8 Å². The monoisotopic (exact) mass is 472 g/mol. The molecule has 1 aromatic heterocycles. The quantitative estimate of drug-likeness (QED) is 0.380. The van der Waals surface area contributed by atoms with Gasteiger partial charge in [-0.3, -0.25) is 4.79 Å². The number of anilines is 1. The van der Waals surface area contributed by atoms with E-state index in [1.165, 1.54) is 23.9 Å². The van der Waals surface area contributed by atoms with Gasteiger partial charge in [-0.05, 0) is 68.3 Å². The first-order valence-corrected chi connectivity index (χ1v) is 11.8. The number of hydrogen-bond donors (Lipinski definition) is 1. The minimum absolute atomic E-state index is 0.139. The number of benzene rings is 2. The molecule has 0 radical (unpaired) electrons. The van der Waals surface area contributed by atoms with Gasteiger partial charge in [-0.2, -0.15) is 0 Å². The molecule has 3 rings (SSSR count). The van der Waals surface area contributed by atoms with Crippen molar-refractivity contribution in [3.05, 3.63) is 60.2 Å². The van der Waals surface area contributed by atoms with Crippen LogP contribution in [0.2, 0.25) is 0 Å². The van der Waals surface area contributed by atoms with Crippen LogP contribution in [0.1, 0.15) is 39.6 Å². The first kappa shape index (κ1) is 24.6. The van der Waals surface area contributed by atoms with Gasteiger partial charge in [-0.25, -0.2) is 4.39 Å². The second-order valence-corrected chi connectivity index (χ2v) is 8.80. The van der Waals surface area contributed by atoms with Crippen molar-refractivity contribution in [1.29, 1.82) is 0 Å². The van der Waals surface area contributed by atoms with Crippen molar-refractivity contribution in [1.82, 2.24) is 14.8 Å². The van der Waals surface area contributed by atoms with E-state index in [-0.39, 0.29) is 17.5 Å². The number of nitrogens with zero attached hydrogens (tertiary/aromatic N) is 3. The van der Waals surface area contributed by atoms with Gasteiger partial charge in [0, 0.05) is 12.2 Å². The molecule has 0 saturated carbocycles. The molecule has 1 heterocycles. The number of aromatic nitrogens is 3. The lowest BCUT2D eigenvalue weighted by Gasteiger charge is -2.17. The fraction of sp³-hybridized carbons (Fsp3) is 0.375. The molecule has 9 heteroatoms. The predicted octanol–water partition coefficient (Wildman–Crippen LogP) is 5.34. The molecule has 1 atom stereocenters. The molecule has 7 nitrogen and oxygen atoms in total. The van der Waals surface area contributed by atoms with Crippen LogP contribution in [0.25, 0.3) is 0 Å². The lowest BCUT2D eigenvalue weighted by molar-refractivity contribution is -0.113. The van der Waals surface area contributed by atoms with Crippen LogP contribution in [-0.2, 0) is 11.3 Å². The third kappa shape index (κ3) is 7.21. The van der Waals surface area contributed by atoms with Crippen molar-refractivity contribution < 1.29 is 18.7 Å². The van der Waals surface area contributed by atoms with Gasteiger partial charge in [-0.15, -0.1) is 10.2 Å². The molecule has 0 aliphatic carbocycles. The molecule has 3 aromatic rings. The molecule has 0 bridgehead atoms. The molecular formula is C24H29FN4O3S. The van der Waals surface area contributed by atoms with Gasteiger partial charge in [0.05, 0.1) is 12.4 Å². The Balaban J connectivity index is 1.64. The Labute approximate surface area is 197 Å². The summed E-state index contributed by atoms with van der Waals surface area (Å²) < 4.78 is 26.5. The summed E-state index contributed by atoms with van der Waals surface area (Å²) in [5.41, 5.74) is 0.703. The minimum Gasteiger partial charge on any atom is -0.494 e. The Morgan fingerprint density at radius 1 is 1.06 bits per heavy atom. The van der Waals surface area contributed by atoms with Crippen LogP contribution in [-0.4, -0.2) is 33.0 Å². The van der Waals surface area contributed by atoms with Crippen molar-refractivity contribution in [3.8, 4) is 11.5 Å². The summed E-state index contributed by atoms with van der Waals surface area (Å²) in [4.78, 5) is 12.5. The Hall–Kier alpha value is -3.07. The number of thioether (sulfide) groups is 1. The molecule has 1 N–H and O–H groups in total. The second kappa shape index (κ2) is 11.7. The summed E-state index contributed by atoms with van der Waals surface area (Å²) in [6.45, 7) is 9.27. The summed E-state index contributed by atoms with van der Waals surface area (Å²) in [5, 5.41) is 12.1. The van der Waals surface area contributed by atoms with E-state index in [0.717, 1.165) is 5.75 Å². The second-order valence-electron chi connectivity index (χ2n) is 7.85. The molecule has 0 spiro atoms. The first-order valence-electron chi connectivity index (χ1n) is 10.9. The third-order valence-electron chi connectivity index (χ3n) is 4.56. The van der Waals surface area contributed by atoms with Crippen molar-refractivity contribution in [2.45, 2.75) is 45.5 Å². The van der Waals surface area contributed by atoms with Crippen molar-refractivity contribution in [3.63, 3.8) is 0 Å². The lowest BCUT2D eigenvalue weighted by Crippen LogP contribution is -2.17. The number of carbonyl (C=O) groups is 1. The molecular weight excluding hydrogens is 443 g/mol. The fourth-order valence-electron chi connectivity index (χ4n) is 3.14. The maximum absolute atomic E-state index is 13.2. The third-order valence-corrected chi connectivity index (χ3v) is 5.53. The zero-order valence-corrected chi connectivity index (χ0v) is 20.1. The number of nitrogens with one attached hydrogen (secondary N) is 1. The molecule has 2 aromatic carbocycles. The van der Waals surface area contributed by atoms with E-state index >= 15 is 0 Å². The Kier molecular flexibility index (Phi) is 8.71. The van der Waals surface area contributed by atoms with Crippen LogP contribution in [0.3, 0.4) is 0 Å². The van der Waals surface area contributed by atoms with E-state index in [0.29, 0.717) is 41.5 Å². The topological polar surface area (TPSA) is 78.3 Å². The SMILES string of the molecule is CCOc1ccc(NC(=O)CSc2nnc(C(C)Oc3ccc(F)cc3)n2CC(C)C)cc1. The van der Waals surface area contributed by atoms with E-state index < -0.39 is 6.10 Å². The molecule has 1 unspecified atom stereocenters. The number of amides is 1. The van der Waals surface area contributed by atoms with Crippen LogP contribution < -0.4 is 14.8 Å². The summed E-state index contributed by atoms with van der Waals surface area (Å²) in [5.74, 6) is 2.04. The Morgan fingerprint density at radius 2 is 1.73 bits per heavy atom. The molecule has 176 valence electrons. The maximum Gasteiger partial charge on any atom is 0.234 e. The number of carbonyl (C=O) groups excluding carboxylic acids is 1. The summed E-state index contributed by atoms with van der Waals surface area (Å²) in [6.07, 6.45) is -0.395. The maximum atomic E-state index is 13.2. The van der Waals surface area contributed by atoms with Gasteiger partial charge in [0.25, 0.3) is 0 Å². The molecule has 0 saturated heterocycles. The highest BCUT2D eigenvalue weighted by atomic mass is 32.2. The molecule has 33 heavy (non-hydrogen) atoms. The van der Waals surface area contributed by atoms with Crippen molar-refractivity contribution in [2.24, 2.45) is 5.92 Å². The van der Waals surface area contributed by atoms with Gasteiger partial charge in [0.1, 0.15) is 17.3 Å². The van der Waals surface area contributed by atoms with Gasteiger partial charge in [0.2, 0.25) is 5.91 Å². The molecule has 1 amide bonds. The average Bonchev–Trinajstić information content (AvgIpc) is 3.17. The number of halogens is 1. The van der Waals surface area contributed by atoms with Gasteiger partial charge >= 0.3 is 0 Å². The van der Waals surface area contributed by atoms with E-state index in [9.17, 15) is 9.18 Å². The van der Waals surface area contributed by atoms with Crippen LogP contribution in [0.15, 0.2) is 53.7 Å². The zero-order valence-electron chi connectivity index (χ0n) is 19.2. The normalized spacial score (nSPS) is 11.9. The average molecular weight is 473 g/mol. The van der Waals surface area contributed by atoms with E-state index in [4.69, 9.17) is 9.47 Å². The van der Waals surface area contributed by atoms with Gasteiger partial charge in [0.15, 0.2) is 17.1 Å². The number of hydrogen-bond acceptors (Lipinski definition) is 6. The highest BCUT2D eigenvalue weighted by Gasteiger charge is 2.21. The van der Waals surface area contributed by atoms with Gasteiger partial charge < -0.3 is 19.4 Å². The van der Waals surface area contributed by atoms with Crippen LogP contribution in [0, 0.1) is 11.7 Å². The highest BCUT2D eigenvalue weighted by molar-refractivity contribution is 7.99. The molecule has 0 aliphatic heterocycles. The first-order chi connectivity index (χ1) is 15.9. The highest BCUT2D eigenvalue weighted by Crippen LogP contribution is 2.26. The standard InChI is InChI=1S/C24H29FN4O3S/c1-5-31-20-12-8-19(9-13-20)26-22(30)15-33-24-28-27-23(29(24)14-16(2)3)17(4)32-21-10-6-18(25)7-11-21/h6-13,16-17H,5,14-15H2,1-4H3,(H,26,30). The van der Waals surface area contributed by atoms with Crippen molar-refractivity contribution >= 4 is 23.4 Å². The molecule has 0 aliphatic rings. The van der Waals surface area contributed by atoms with Crippen molar-refractivity contribution in [2.75, 3.05) is 17.7 Å². The van der Waals surface area contributed by atoms with Crippen LogP contribution in [0.4, 0.5) is 10.1 Å². The van der Waals surface area contributed by atoms with Crippen LogP contribution in [0.5, 0.6) is 11.5 Å². The smallest absolute Gasteiger partial charge is 0.234 e. The predicted molar refractivity (Wildman–Crippen MR) is 127 cm³/mol.